The van der Waals surface area contributed by atoms with E-state index in [-0.39, 0.29) is 11.3 Å². The van der Waals surface area contributed by atoms with Crippen LogP contribution >= 0.6 is 35.0 Å². The molecule has 3 nitrogen and oxygen atoms in total. The number of nitrogens with one attached hydrogen (secondary N) is 1. The summed E-state index contributed by atoms with van der Waals surface area (Å²) in [6.45, 7) is 1.64. The smallest absolute Gasteiger partial charge is 0.233 e. The lowest BCUT2D eigenvalue weighted by molar-refractivity contribution is -0.128. The lowest BCUT2D eigenvalue weighted by Gasteiger charge is -2.25. The second-order valence-electron chi connectivity index (χ2n) is 4.37. The van der Waals surface area contributed by atoms with Gasteiger partial charge in [0.1, 0.15) is 5.37 Å². The Balaban J connectivity index is 2.15. The number of nitrogens with zero attached hydrogens (tertiary/aromatic N) is 1. The first-order valence-electron chi connectivity index (χ1n) is 6.14. The Hall–Kier alpha value is -0.420. The minimum atomic E-state index is 0.00845. The molecule has 1 fully saturated rings. The molecule has 0 bridgehead atoms. The number of carbonyl (C=O) groups is 1. The Labute approximate surface area is 127 Å². The second kappa shape index (κ2) is 6.84. The van der Waals surface area contributed by atoms with Crippen LogP contribution in [0.5, 0.6) is 0 Å². The van der Waals surface area contributed by atoms with Gasteiger partial charge in [0.2, 0.25) is 5.91 Å². The molecule has 0 radical (unpaired) electrons. The summed E-state index contributed by atoms with van der Waals surface area (Å²) in [6.07, 6.45) is 0.935. The van der Waals surface area contributed by atoms with E-state index in [9.17, 15) is 4.79 Å². The molecule has 1 aliphatic rings. The SMILES string of the molecule is CNCCCN1C(=O)CSC1c1ccc(Cl)cc1Cl. The molecule has 1 aromatic carbocycles. The largest absolute Gasteiger partial charge is 0.326 e. The number of hydrogen-bond acceptors (Lipinski definition) is 3. The molecule has 1 aromatic rings. The fraction of sp³-hybridized carbons (Fsp3) is 0.462. The summed E-state index contributed by atoms with van der Waals surface area (Å²) in [5, 5.41) is 4.34. The minimum absolute atomic E-state index is 0.00845. The molecule has 0 saturated carbocycles. The third-order valence-electron chi connectivity index (χ3n) is 3.02. The summed E-state index contributed by atoms with van der Waals surface area (Å²) in [7, 11) is 1.91. The molecule has 19 heavy (non-hydrogen) atoms. The van der Waals surface area contributed by atoms with E-state index in [1.807, 2.05) is 24.1 Å². The van der Waals surface area contributed by atoms with Crippen molar-refractivity contribution < 1.29 is 4.79 Å². The van der Waals surface area contributed by atoms with E-state index in [0.29, 0.717) is 15.8 Å². The van der Waals surface area contributed by atoms with Crippen molar-refractivity contribution in [2.75, 3.05) is 25.9 Å². The molecule has 2 rings (SSSR count). The molecule has 1 aliphatic heterocycles. The highest BCUT2D eigenvalue weighted by Gasteiger charge is 2.33. The van der Waals surface area contributed by atoms with Crippen LogP contribution < -0.4 is 5.32 Å². The van der Waals surface area contributed by atoms with Crippen LogP contribution in [0.15, 0.2) is 18.2 Å². The van der Waals surface area contributed by atoms with Crippen LogP contribution in [0.2, 0.25) is 10.0 Å². The van der Waals surface area contributed by atoms with Crippen molar-refractivity contribution in [3.63, 3.8) is 0 Å². The van der Waals surface area contributed by atoms with E-state index in [4.69, 9.17) is 23.2 Å². The zero-order valence-electron chi connectivity index (χ0n) is 10.7. The van der Waals surface area contributed by atoms with Gasteiger partial charge in [0.05, 0.1) is 5.75 Å². The quantitative estimate of drug-likeness (QED) is 0.846. The van der Waals surface area contributed by atoms with Gasteiger partial charge in [-0.2, -0.15) is 0 Å². The van der Waals surface area contributed by atoms with Gasteiger partial charge in [-0.05, 0) is 32.1 Å². The highest BCUT2D eigenvalue weighted by atomic mass is 35.5. The molecule has 1 saturated heterocycles. The Morgan fingerprint density at radius 2 is 2.26 bits per heavy atom. The Bertz CT molecular complexity index is 470. The second-order valence-corrected chi connectivity index (χ2v) is 6.29. The standard InChI is InChI=1S/C13H16Cl2N2OS/c1-16-5-2-6-17-12(18)8-19-13(17)10-4-3-9(14)7-11(10)15/h3-4,7,13,16H,2,5-6,8H2,1H3. The Kier molecular flexibility index (Phi) is 5.39. The van der Waals surface area contributed by atoms with Gasteiger partial charge in [-0.1, -0.05) is 29.3 Å². The Morgan fingerprint density at radius 1 is 1.47 bits per heavy atom. The molecule has 6 heteroatoms. The van der Waals surface area contributed by atoms with Gasteiger partial charge in [0.15, 0.2) is 0 Å². The fourth-order valence-corrected chi connectivity index (χ4v) is 3.91. The fourth-order valence-electron chi connectivity index (χ4n) is 2.08. The average Bonchev–Trinajstić information content (AvgIpc) is 2.72. The minimum Gasteiger partial charge on any atom is -0.326 e. The molecule has 1 N–H and O–H groups in total. The normalized spacial score (nSPS) is 19.2. The van der Waals surface area contributed by atoms with Crippen LogP contribution in [0.3, 0.4) is 0 Å². The molecule has 104 valence electrons. The molecule has 0 aliphatic carbocycles. The number of halogens is 2. The van der Waals surface area contributed by atoms with Crippen LogP contribution in [0.4, 0.5) is 0 Å². The van der Waals surface area contributed by atoms with Gasteiger partial charge in [0.25, 0.3) is 0 Å². The van der Waals surface area contributed by atoms with Crippen molar-refractivity contribution in [3.05, 3.63) is 33.8 Å². The molecule has 1 unspecified atom stereocenters. The van der Waals surface area contributed by atoms with Crippen molar-refractivity contribution >= 4 is 40.9 Å². The van der Waals surface area contributed by atoms with E-state index in [0.717, 1.165) is 25.1 Å². The van der Waals surface area contributed by atoms with Crippen molar-refractivity contribution in [1.29, 1.82) is 0 Å². The summed E-state index contributed by atoms with van der Waals surface area (Å²) < 4.78 is 0. The molecule has 1 heterocycles. The molecular formula is C13H16Cl2N2OS. The zero-order valence-corrected chi connectivity index (χ0v) is 13.0. The van der Waals surface area contributed by atoms with Crippen LogP contribution in [0.25, 0.3) is 0 Å². The number of amides is 1. The van der Waals surface area contributed by atoms with E-state index in [2.05, 4.69) is 5.32 Å². The number of carbonyl (C=O) groups excluding carboxylic acids is 1. The van der Waals surface area contributed by atoms with Gasteiger partial charge in [-0.3, -0.25) is 4.79 Å². The lowest BCUT2D eigenvalue weighted by atomic mass is 10.2. The van der Waals surface area contributed by atoms with Crippen LogP contribution in [0, 0.1) is 0 Å². The average molecular weight is 319 g/mol. The molecule has 1 amide bonds. The first-order valence-corrected chi connectivity index (χ1v) is 7.94. The number of thioether (sulfide) groups is 1. The summed E-state index contributed by atoms with van der Waals surface area (Å²) >= 11 is 13.8. The summed E-state index contributed by atoms with van der Waals surface area (Å²) in [5.41, 5.74) is 0.964. The van der Waals surface area contributed by atoms with Crippen molar-refractivity contribution in [3.8, 4) is 0 Å². The van der Waals surface area contributed by atoms with E-state index < -0.39 is 0 Å². The summed E-state index contributed by atoms with van der Waals surface area (Å²) in [6, 6.07) is 5.46. The van der Waals surface area contributed by atoms with Gasteiger partial charge in [-0.15, -0.1) is 11.8 Å². The van der Waals surface area contributed by atoms with Gasteiger partial charge in [-0.25, -0.2) is 0 Å². The monoisotopic (exact) mass is 318 g/mol. The number of hydrogen-bond donors (Lipinski definition) is 1. The van der Waals surface area contributed by atoms with Crippen molar-refractivity contribution in [1.82, 2.24) is 10.2 Å². The maximum absolute atomic E-state index is 11.9. The summed E-state index contributed by atoms with van der Waals surface area (Å²) in [5.74, 6) is 0.695. The molecule has 1 atom stereocenters. The first-order chi connectivity index (χ1) is 9.13. The van der Waals surface area contributed by atoms with Crippen LogP contribution in [0.1, 0.15) is 17.4 Å². The van der Waals surface area contributed by atoms with Gasteiger partial charge >= 0.3 is 0 Å². The van der Waals surface area contributed by atoms with Crippen LogP contribution in [-0.2, 0) is 4.79 Å². The van der Waals surface area contributed by atoms with Crippen molar-refractivity contribution in [2.24, 2.45) is 0 Å². The highest BCUT2D eigenvalue weighted by molar-refractivity contribution is 8.00. The third-order valence-corrected chi connectivity index (χ3v) is 4.82. The van der Waals surface area contributed by atoms with Gasteiger partial charge in [0, 0.05) is 22.2 Å². The van der Waals surface area contributed by atoms with Crippen LogP contribution in [-0.4, -0.2) is 36.7 Å². The molecule has 0 aromatic heterocycles. The van der Waals surface area contributed by atoms with E-state index in [1.165, 1.54) is 0 Å². The predicted molar refractivity (Wildman–Crippen MR) is 81.9 cm³/mol. The number of rotatable bonds is 5. The van der Waals surface area contributed by atoms with E-state index in [1.54, 1.807) is 17.8 Å². The Morgan fingerprint density at radius 3 is 2.95 bits per heavy atom. The maximum Gasteiger partial charge on any atom is 0.233 e. The van der Waals surface area contributed by atoms with Crippen molar-refractivity contribution in [2.45, 2.75) is 11.8 Å². The third kappa shape index (κ3) is 3.57. The maximum atomic E-state index is 11.9. The first kappa shape index (κ1) is 15.0. The zero-order chi connectivity index (χ0) is 13.8. The van der Waals surface area contributed by atoms with E-state index >= 15 is 0 Å². The molecular weight excluding hydrogens is 303 g/mol. The highest BCUT2D eigenvalue weighted by Crippen LogP contribution is 2.41. The molecule has 0 spiro atoms. The lowest BCUT2D eigenvalue weighted by Crippen LogP contribution is -2.30. The number of benzene rings is 1. The van der Waals surface area contributed by atoms with Gasteiger partial charge < -0.3 is 10.2 Å². The topological polar surface area (TPSA) is 32.3 Å². The predicted octanol–water partition coefficient (Wildman–Crippen LogP) is 3.18. The summed E-state index contributed by atoms with van der Waals surface area (Å²) in [4.78, 5) is 13.8.